The van der Waals surface area contributed by atoms with Crippen LogP contribution in [0.1, 0.15) is 24.6 Å². The Hall–Kier alpha value is -2.21. The van der Waals surface area contributed by atoms with Gasteiger partial charge in [0.15, 0.2) is 0 Å². The molecule has 1 aromatic heterocycles. The molecular weight excluding hydrogens is 258 g/mol. The molecule has 0 bridgehead atoms. The SMILES string of the molecule is CCCNCc1coc(-c2c(C)cccc2[N+](=O)[O-])n1. The van der Waals surface area contributed by atoms with E-state index < -0.39 is 4.92 Å². The lowest BCUT2D eigenvalue weighted by Gasteiger charge is -2.02. The van der Waals surface area contributed by atoms with Crippen LogP contribution >= 0.6 is 0 Å². The molecule has 0 spiro atoms. The van der Waals surface area contributed by atoms with E-state index in [1.54, 1.807) is 6.07 Å². The maximum Gasteiger partial charge on any atom is 0.282 e. The summed E-state index contributed by atoms with van der Waals surface area (Å²) >= 11 is 0. The highest BCUT2D eigenvalue weighted by Gasteiger charge is 2.21. The van der Waals surface area contributed by atoms with Crippen molar-refractivity contribution >= 4 is 5.69 Å². The topological polar surface area (TPSA) is 81.2 Å². The number of nitrogens with one attached hydrogen (secondary N) is 1. The van der Waals surface area contributed by atoms with E-state index in [9.17, 15) is 10.1 Å². The van der Waals surface area contributed by atoms with E-state index in [0.29, 0.717) is 18.0 Å². The minimum absolute atomic E-state index is 0.0138. The number of hydrogen-bond acceptors (Lipinski definition) is 5. The van der Waals surface area contributed by atoms with Crippen LogP contribution in [-0.4, -0.2) is 16.5 Å². The summed E-state index contributed by atoms with van der Waals surface area (Å²) in [5.41, 5.74) is 1.97. The van der Waals surface area contributed by atoms with Gasteiger partial charge < -0.3 is 9.73 Å². The van der Waals surface area contributed by atoms with Crippen molar-refractivity contribution in [2.24, 2.45) is 0 Å². The van der Waals surface area contributed by atoms with Crippen LogP contribution in [0.2, 0.25) is 0 Å². The highest BCUT2D eigenvalue weighted by Crippen LogP contribution is 2.32. The molecule has 0 unspecified atom stereocenters. The first-order valence-electron chi connectivity index (χ1n) is 6.53. The molecule has 0 radical (unpaired) electrons. The number of rotatable bonds is 6. The van der Waals surface area contributed by atoms with Gasteiger partial charge in [-0.15, -0.1) is 0 Å². The van der Waals surface area contributed by atoms with Crippen molar-refractivity contribution in [3.8, 4) is 11.5 Å². The second-order valence-electron chi connectivity index (χ2n) is 4.55. The van der Waals surface area contributed by atoms with Crippen molar-refractivity contribution in [1.29, 1.82) is 0 Å². The number of aryl methyl sites for hydroxylation is 1. The van der Waals surface area contributed by atoms with Crippen molar-refractivity contribution in [2.75, 3.05) is 6.54 Å². The lowest BCUT2D eigenvalue weighted by atomic mass is 10.1. The Labute approximate surface area is 117 Å². The smallest absolute Gasteiger partial charge is 0.282 e. The van der Waals surface area contributed by atoms with Gasteiger partial charge in [0, 0.05) is 12.6 Å². The van der Waals surface area contributed by atoms with Crippen LogP contribution in [0.25, 0.3) is 11.5 Å². The van der Waals surface area contributed by atoms with Crippen LogP contribution in [0.4, 0.5) is 5.69 Å². The molecule has 6 nitrogen and oxygen atoms in total. The third-order valence-electron chi connectivity index (χ3n) is 2.95. The molecule has 0 aliphatic heterocycles. The Balaban J connectivity index is 2.30. The zero-order valence-electron chi connectivity index (χ0n) is 11.5. The van der Waals surface area contributed by atoms with Gasteiger partial charge in [0.25, 0.3) is 5.69 Å². The zero-order valence-corrected chi connectivity index (χ0v) is 11.5. The molecule has 1 heterocycles. The average molecular weight is 275 g/mol. The first kappa shape index (κ1) is 14.2. The largest absolute Gasteiger partial charge is 0.444 e. The van der Waals surface area contributed by atoms with Gasteiger partial charge in [-0.3, -0.25) is 10.1 Å². The number of nitrogens with zero attached hydrogens (tertiary/aromatic N) is 2. The molecule has 106 valence electrons. The van der Waals surface area contributed by atoms with E-state index in [1.165, 1.54) is 12.3 Å². The van der Waals surface area contributed by atoms with Crippen molar-refractivity contribution < 1.29 is 9.34 Å². The van der Waals surface area contributed by atoms with E-state index in [1.807, 2.05) is 13.0 Å². The van der Waals surface area contributed by atoms with Crippen molar-refractivity contribution in [1.82, 2.24) is 10.3 Å². The molecule has 2 rings (SSSR count). The van der Waals surface area contributed by atoms with Gasteiger partial charge in [-0.1, -0.05) is 19.1 Å². The van der Waals surface area contributed by atoms with E-state index >= 15 is 0 Å². The van der Waals surface area contributed by atoms with Gasteiger partial charge in [-0.05, 0) is 25.5 Å². The molecule has 20 heavy (non-hydrogen) atoms. The fourth-order valence-corrected chi connectivity index (χ4v) is 1.98. The van der Waals surface area contributed by atoms with Crippen molar-refractivity contribution in [3.05, 3.63) is 45.8 Å². The highest BCUT2D eigenvalue weighted by atomic mass is 16.6. The van der Waals surface area contributed by atoms with Gasteiger partial charge in [-0.2, -0.15) is 0 Å². The lowest BCUT2D eigenvalue weighted by Crippen LogP contribution is -2.13. The van der Waals surface area contributed by atoms with E-state index in [2.05, 4.69) is 17.2 Å². The van der Waals surface area contributed by atoms with Crippen LogP contribution in [0, 0.1) is 17.0 Å². The predicted molar refractivity (Wildman–Crippen MR) is 75.3 cm³/mol. The van der Waals surface area contributed by atoms with Crippen molar-refractivity contribution in [2.45, 2.75) is 26.8 Å². The number of hydrogen-bond donors (Lipinski definition) is 1. The molecule has 6 heteroatoms. The minimum Gasteiger partial charge on any atom is -0.444 e. The minimum atomic E-state index is -0.415. The molecule has 0 atom stereocenters. The molecule has 0 saturated carbocycles. The molecular formula is C14H17N3O3. The third kappa shape index (κ3) is 3.03. The number of oxazole rings is 1. The van der Waals surface area contributed by atoms with Gasteiger partial charge in [0.05, 0.1) is 10.6 Å². The molecule has 0 saturated heterocycles. The second-order valence-corrected chi connectivity index (χ2v) is 4.55. The summed E-state index contributed by atoms with van der Waals surface area (Å²) in [5.74, 6) is 0.295. The molecule has 0 fully saturated rings. The summed E-state index contributed by atoms with van der Waals surface area (Å²) in [7, 11) is 0. The van der Waals surface area contributed by atoms with Gasteiger partial charge >= 0.3 is 0 Å². The molecule has 0 amide bonds. The van der Waals surface area contributed by atoms with Gasteiger partial charge in [0.1, 0.15) is 11.8 Å². The Morgan fingerprint density at radius 2 is 2.25 bits per heavy atom. The van der Waals surface area contributed by atoms with Crippen LogP contribution in [0.15, 0.2) is 28.9 Å². The first-order chi connectivity index (χ1) is 9.63. The fraction of sp³-hybridized carbons (Fsp3) is 0.357. The van der Waals surface area contributed by atoms with E-state index in [0.717, 1.165) is 24.2 Å². The Morgan fingerprint density at radius 1 is 1.45 bits per heavy atom. The van der Waals surface area contributed by atoms with Crippen molar-refractivity contribution in [3.63, 3.8) is 0 Å². The van der Waals surface area contributed by atoms with Gasteiger partial charge in [0.2, 0.25) is 5.89 Å². The molecule has 0 aliphatic rings. The average Bonchev–Trinajstić information content (AvgIpc) is 2.87. The Kier molecular flexibility index (Phi) is 4.47. The quantitative estimate of drug-likeness (QED) is 0.498. The molecule has 0 aliphatic carbocycles. The maximum absolute atomic E-state index is 11.1. The highest BCUT2D eigenvalue weighted by molar-refractivity contribution is 5.70. The summed E-state index contributed by atoms with van der Waals surface area (Å²) in [6.07, 6.45) is 2.57. The standard InChI is InChI=1S/C14H17N3O3/c1-3-7-15-8-11-9-20-14(16-11)13-10(2)5-4-6-12(13)17(18)19/h4-6,9,15H,3,7-8H2,1-2H3. The van der Waals surface area contributed by atoms with Crippen LogP contribution < -0.4 is 5.32 Å². The first-order valence-corrected chi connectivity index (χ1v) is 6.53. The lowest BCUT2D eigenvalue weighted by molar-refractivity contribution is -0.384. The Bertz CT molecular complexity index is 607. The summed E-state index contributed by atoms with van der Waals surface area (Å²) in [6.45, 7) is 5.38. The summed E-state index contributed by atoms with van der Waals surface area (Å²) < 4.78 is 5.40. The predicted octanol–water partition coefficient (Wildman–Crippen LogP) is 3.06. The Morgan fingerprint density at radius 3 is 2.95 bits per heavy atom. The van der Waals surface area contributed by atoms with Crippen LogP contribution in [0.5, 0.6) is 0 Å². The normalized spacial score (nSPS) is 10.7. The molecule has 1 aromatic carbocycles. The van der Waals surface area contributed by atoms with Gasteiger partial charge in [-0.25, -0.2) is 4.98 Å². The summed E-state index contributed by atoms with van der Waals surface area (Å²) in [5, 5.41) is 14.3. The number of nitro groups is 1. The van der Waals surface area contributed by atoms with Crippen LogP contribution in [-0.2, 0) is 6.54 Å². The number of nitro benzene ring substituents is 1. The summed E-state index contributed by atoms with van der Waals surface area (Å²) in [6, 6.07) is 4.92. The third-order valence-corrected chi connectivity index (χ3v) is 2.95. The van der Waals surface area contributed by atoms with E-state index in [-0.39, 0.29) is 5.69 Å². The van der Waals surface area contributed by atoms with E-state index in [4.69, 9.17) is 4.42 Å². The molecule has 2 aromatic rings. The fourth-order valence-electron chi connectivity index (χ4n) is 1.98. The second kappa shape index (κ2) is 6.29. The van der Waals surface area contributed by atoms with Crippen LogP contribution in [0.3, 0.4) is 0 Å². The maximum atomic E-state index is 11.1. The summed E-state index contributed by atoms with van der Waals surface area (Å²) in [4.78, 5) is 15.0. The molecule has 1 N–H and O–H groups in total. The number of aromatic nitrogens is 1. The monoisotopic (exact) mass is 275 g/mol. The zero-order chi connectivity index (χ0) is 14.5. The number of benzene rings is 1.